The van der Waals surface area contributed by atoms with Gasteiger partial charge in [0.25, 0.3) is 0 Å². The smallest absolute Gasteiger partial charge is 0.416 e. The van der Waals surface area contributed by atoms with Crippen LogP contribution < -0.4 is 5.32 Å². The topological polar surface area (TPSA) is 44.8 Å². The minimum absolute atomic E-state index is 0.00653. The van der Waals surface area contributed by atoms with Gasteiger partial charge >= 0.3 is 18.4 Å². The molecule has 0 radical (unpaired) electrons. The Morgan fingerprint density at radius 2 is 1.51 bits per heavy atom. The number of carbonyl (C=O) groups is 1. The van der Waals surface area contributed by atoms with Gasteiger partial charge in [0.15, 0.2) is 0 Å². The van der Waals surface area contributed by atoms with E-state index in [1.54, 1.807) is 18.2 Å². The molecule has 0 bridgehead atoms. The molecule has 0 saturated carbocycles. The Morgan fingerprint density at radius 3 is 2.11 bits per heavy atom. The maximum absolute atomic E-state index is 13.5. The lowest BCUT2D eigenvalue weighted by Crippen LogP contribution is -2.53. The third kappa shape index (κ3) is 8.17. The first-order valence-electron chi connectivity index (χ1n) is 14.4. The maximum Gasteiger partial charge on any atom is 0.416 e. The SMILES string of the molecule is O=C1OCC(CCN2CCC(Nc3ccccc3)CC2)(c2ccc(Cl)c(Cl)c2)CN1Cc1cc(C(F)(F)F)cc(C(F)(F)F)c1. The van der Waals surface area contributed by atoms with Crippen molar-refractivity contribution in [2.24, 2.45) is 0 Å². The first kappa shape index (κ1) is 33.2. The first-order valence-corrected chi connectivity index (χ1v) is 15.2. The van der Waals surface area contributed by atoms with Gasteiger partial charge in [-0.3, -0.25) is 0 Å². The number of nitrogens with zero attached hydrogens (tertiary/aromatic N) is 2. The molecule has 0 aromatic heterocycles. The minimum atomic E-state index is -5.01. The van der Waals surface area contributed by atoms with Gasteiger partial charge in [-0.2, -0.15) is 26.3 Å². The quantitative estimate of drug-likeness (QED) is 0.243. The summed E-state index contributed by atoms with van der Waals surface area (Å²) >= 11 is 12.5. The van der Waals surface area contributed by atoms with Crippen molar-refractivity contribution in [1.82, 2.24) is 9.80 Å². The number of ether oxygens (including phenoxy) is 1. The lowest BCUT2D eigenvalue weighted by molar-refractivity contribution is -0.143. The number of likely N-dealkylation sites (tertiary alicyclic amines) is 1. The van der Waals surface area contributed by atoms with E-state index in [9.17, 15) is 31.1 Å². The Balaban J connectivity index is 1.36. The standard InChI is InChI=1S/C32H31Cl2F6N3O2/c33-27-7-6-22(17-28(27)34)30(10-13-42-11-8-26(9-12-42)41-25-4-2-1-3-5-25)19-43(29(44)45-20-30)18-21-14-23(31(35,36)37)16-24(15-21)32(38,39)40/h1-7,14-17,26,41H,8-13,18-20H2. The molecule has 2 aliphatic rings. The van der Waals surface area contributed by atoms with Gasteiger partial charge in [-0.1, -0.05) is 47.5 Å². The third-order valence-electron chi connectivity index (χ3n) is 8.42. The van der Waals surface area contributed by atoms with Crippen LogP contribution >= 0.6 is 23.2 Å². The van der Waals surface area contributed by atoms with Crippen LogP contribution in [0.5, 0.6) is 0 Å². The van der Waals surface area contributed by atoms with E-state index < -0.39 is 41.5 Å². The summed E-state index contributed by atoms with van der Waals surface area (Å²) < 4.78 is 86.6. The van der Waals surface area contributed by atoms with Crippen LogP contribution in [0.2, 0.25) is 10.0 Å². The maximum atomic E-state index is 13.5. The van der Waals surface area contributed by atoms with Crippen molar-refractivity contribution in [2.45, 2.75) is 49.6 Å². The summed E-state index contributed by atoms with van der Waals surface area (Å²) in [6.07, 6.45) is -8.54. The van der Waals surface area contributed by atoms with Crippen molar-refractivity contribution >= 4 is 35.0 Å². The van der Waals surface area contributed by atoms with Crippen LogP contribution in [0.1, 0.15) is 41.5 Å². The normalized spacial score (nSPS) is 20.3. The number of alkyl halides is 6. The molecular weight excluding hydrogens is 643 g/mol. The second-order valence-electron chi connectivity index (χ2n) is 11.6. The number of para-hydroxylation sites is 1. The summed E-state index contributed by atoms with van der Waals surface area (Å²) in [5.74, 6) is 0. The van der Waals surface area contributed by atoms with E-state index in [2.05, 4.69) is 10.2 Å². The highest BCUT2D eigenvalue weighted by molar-refractivity contribution is 6.42. The number of carbonyl (C=O) groups excluding carboxylic acids is 1. The summed E-state index contributed by atoms with van der Waals surface area (Å²) in [6.45, 7) is 1.69. The number of nitrogens with one attached hydrogen (secondary N) is 1. The molecule has 2 fully saturated rings. The highest BCUT2D eigenvalue weighted by Crippen LogP contribution is 2.39. The zero-order valence-corrected chi connectivity index (χ0v) is 25.5. The van der Waals surface area contributed by atoms with Crippen molar-refractivity contribution in [1.29, 1.82) is 0 Å². The molecule has 242 valence electrons. The highest BCUT2D eigenvalue weighted by atomic mass is 35.5. The Hall–Kier alpha value is -3.15. The largest absolute Gasteiger partial charge is 0.448 e. The average Bonchev–Trinajstić information content (AvgIpc) is 2.99. The second-order valence-corrected chi connectivity index (χ2v) is 12.4. The van der Waals surface area contributed by atoms with Crippen LogP contribution in [0, 0.1) is 0 Å². The number of benzene rings is 3. The van der Waals surface area contributed by atoms with Crippen LogP contribution in [-0.2, 0) is 29.0 Å². The van der Waals surface area contributed by atoms with E-state index in [4.69, 9.17) is 27.9 Å². The van der Waals surface area contributed by atoms with Gasteiger partial charge in [0, 0.05) is 43.3 Å². The Labute approximate surface area is 267 Å². The van der Waals surface area contributed by atoms with Gasteiger partial charge in [-0.25, -0.2) is 4.79 Å². The number of piperidine rings is 1. The van der Waals surface area contributed by atoms with Crippen molar-refractivity contribution in [3.05, 3.63) is 99.0 Å². The van der Waals surface area contributed by atoms with Crippen molar-refractivity contribution < 1.29 is 35.9 Å². The Bertz CT molecular complexity index is 1460. The van der Waals surface area contributed by atoms with E-state index >= 15 is 0 Å². The molecule has 2 aliphatic heterocycles. The van der Waals surface area contributed by atoms with Crippen molar-refractivity contribution in [3.8, 4) is 0 Å². The Kier molecular flexibility index (Phi) is 9.82. The molecule has 2 heterocycles. The summed E-state index contributed by atoms with van der Waals surface area (Å²) in [5.41, 5.74) is -2.29. The van der Waals surface area contributed by atoms with Gasteiger partial charge in [0.2, 0.25) is 0 Å². The fourth-order valence-electron chi connectivity index (χ4n) is 5.96. The van der Waals surface area contributed by atoms with Crippen LogP contribution in [0.4, 0.5) is 36.8 Å². The highest BCUT2D eigenvalue weighted by Gasteiger charge is 2.43. The van der Waals surface area contributed by atoms with Crippen molar-refractivity contribution in [3.63, 3.8) is 0 Å². The molecule has 1 atom stereocenters. The van der Waals surface area contributed by atoms with Gasteiger partial charge in [-0.05, 0) is 79.4 Å². The monoisotopic (exact) mass is 673 g/mol. The molecule has 5 nitrogen and oxygen atoms in total. The summed E-state index contributed by atoms with van der Waals surface area (Å²) in [6, 6.07) is 16.6. The Morgan fingerprint density at radius 1 is 0.867 bits per heavy atom. The van der Waals surface area contributed by atoms with Crippen LogP contribution in [0.3, 0.4) is 0 Å². The average molecular weight is 675 g/mol. The predicted octanol–water partition coefficient (Wildman–Crippen LogP) is 8.89. The number of amides is 1. The van der Waals surface area contributed by atoms with Crippen LogP contribution in [-0.4, -0.2) is 54.7 Å². The van der Waals surface area contributed by atoms with E-state index in [1.165, 1.54) is 0 Å². The molecule has 3 aromatic carbocycles. The summed E-state index contributed by atoms with van der Waals surface area (Å²) in [5, 5.41) is 4.15. The van der Waals surface area contributed by atoms with E-state index in [0.717, 1.165) is 36.5 Å². The van der Waals surface area contributed by atoms with Crippen molar-refractivity contribution in [2.75, 3.05) is 38.1 Å². The van der Waals surface area contributed by atoms with E-state index in [0.29, 0.717) is 41.7 Å². The van der Waals surface area contributed by atoms with E-state index in [1.807, 2.05) is 30.3 Å². The number of hydrogen-bond donors (Lipinski definition) is 1. The summed E-state index contributed by atoms with van der Waals surface area (Å²) in [4.78, 5) is 16.3. The molecule has 0 spiro atoms. The molecule has 13 heteroatoms. The molecule has 1 unspecified atom stereocenters. The number of rotatable bonds is 8. The lowest BCUT2D eigenvalue weighted by Gasteiger charge is -2.44. The van der Waals surface area contributed by atoms with Gasteiger partial charge in [0.1, 0.15) is 6.61 Å². The zero-order valence-electron chi connectivity index (χ0n) is 24.0. The first-order chi connectivity index (χ1) is 21.2. The predicted molar refractivity (Wildman–Crippen MR) is 160 cm³/mol. The zero-order chi connectivity index (χ0) is 32.4. The number of halogens is 8. The fourth-order valence-corrected chi connectivity index (χ4v) is 6.26. The molecule has 2 saturated heterocycles. The molecule has 3 aromatic rings. The lowest BCUT2D eigenvalue weighted by atomic mass is 9.76. The van der Waals surface area contributed by atoms with Crippen LogP contribution in [0.25, 0.3) is 0 Å². The molecule has 45 heavy (non-hydrogen) atoms. The molecule has 5 rings (SSSR count). The van der Waals surface area contributed by atoms with Gasteiger partial charge < -0.3 is 19.9 Å². The minimum Gasteiger partial charge on any atom is -0.448 e. The molecule has 0 aliphatic carbocycles. The number of hydrogen-bond acceptors (Lipinski definition) is 4. The molecule has 1 N–H and O–H groups in total. The van der Waals surface area contributed by atoms with Gasteiger partial charge in [0.05, 0.1) is 21.2 Å². The third-order valence-corrected chi connectivity index (χ3v) is 9.15. The second kappa shape index (κ2) is 13.3. The van der Waals surface area contributed by atoms with E-state index in [-0.39, 0.29) is 29.8 Å². The fraction of sp³-hybridized carbons (Fsp3) is 0.406. The van der Waals surface area contributed by atoms with Gasteiger partial charge in [-0.15, -0.1) is 0 Å². The molecule has 1 amide bonds. The summed E-state index contributed by atoms with van der Waals surface area (Å²) in [7, 11) is 0. The van der Waals surface area contributed by atoms with Crippen LogP contribution in [0.15, 0.2) is 66.7 Å². The molecular formula is C32H31Cl2F6N3O2. The number of anilines is 1. The number of cyclic esters (lactones) is 1.